The first-order chi connectivity index (χ1) is 13.1. The predicted molar refractivity (Wildman–Crippen MR) is 111 cm³/mol. The second kappa shape index (κ2) is 7.07. The largest absolute Gasteiger partial charge is 0.480 e. The molecule has 0 bridgehead atoms. The van der Waals surface area contributed by atoms with Crippen LogP contribution >= 0.6 is 0 Å². The smallest absolute Gasteiger partial charge is 0.265 e. The summed E-state index contributed by atoms with van der Waals surface area (Å²) in [4.78, 5) is 12.9. The molecule has 0 aliphatic heterocycles. The molecule has 0 unspecified atom stereocenters. The van der Waals surface area contributed by atoms with Gasteiger partial charge in [0, 0.05) is 11.1 Å². The van der Waals surface area contributed by atoms with E-state index in [4.69, 9.17) is 4.74 Å². The van der Waals surface area contributed by atoms with Gasteiger partial charge >= 0.3 is 0 Å². The number of anilines is 1. The maximum atomic E-state index is 12.9. The summed E-state index contributed by atoms with van der Waals surface area (Å²) in [5, 5.41) is 5.54. The van der Waals surface area contributed by atoms with Gasteiger partial charge in [0.25, 0.3) is 5.91 Å². The average Bonchev–Trinajstić information content (AvgIpc) is 3.09. The Morgan fingerprint density at radius 3 is 2.63 bits per heavy atom. The van der Waals surface area contributed by atoms with Crippen molar-refractivity contribution in [1.29, 1.82) is 0 Å². The van der Waals surface area contributed by atoms with Crippen molar-refractivity contribution in [3.05, 3.63) is 70.8 Å². The summed E-state index contributed by atoms with van der Waals surface area (Å²) in [5.41, 5.74) is 5.77. The molecule has 1 N–H and O–H groups in total. The Morgan fingerprint density at radius 1 is 1.07 bits per heavy atom. The minimum atomic E-state index is -0.520. The Hall–Kier alpha value is -2.81. The summed E-state index contributed by atoms with van der Waals surface area (Å²) in [6.07, 6.45) is 2.25. The number of hydrogen-bond donors (Lipinski definition) is 1. The number of carbonyl (C=O) groups is 1. The third kappa shape index (κ3) is 3.30. The molecule has 3 heteroatoms. The maximum Gasteiger partial charge on any atom is 0.265 e. The topological polar surface area (TPSA) is 38.3 Å². The van der Waals surface area contributed by atoms with Crippen LogP contribution in [0.1, 0.15) is 35.6 Å². The van der Waals surface area contributed by atoms with E-state index in [-0.39, 0.29) is 5.91 Å². The molecular weight excluding hydrogens is 334 g/mol. The third-order valence-electron chi connectivity index (χ3n) is 5.41. The third-order valence-corrected chi connectivity index (χ3v) is 5.41. The normalized spacial score (nSPS) is 13.6. The van der Waals surface area contributed by atoms with E-state index < -0.39 is 6.10 Å². The van der Waals surface area contributed by atoms with Crippen LogP contribution in [0.3, 0.4) is 0 Å². The van der Waals surface area contributed by atoms with Gasteiger partial charge in [-0.15, -0.1) is 0 Å². The summed E-state index contributed by atoms with van der Waals surface area (Å²) in [7, 11) is 0. The molecule has 0 spiro atoms. The van der Waals surface area contributed by atoms with Crippen molar-refractivity contribution in [3.63, 3.8) is 0 Å². The molecule has 3 nitrogen and oxygen atoms in total. The molecule has 0 fully saturated rings. The van der Waals surface area contributed by atoms with Crippen LogP contribution in [0.2, 0.25) is 0 Å². The monoisotopic (exact) mass is 359 g/mol. The maximum absolute atomic E-state index is 12.9. The lowest BCUT2D eigenvalue weighted by Crippen LogP contribution is -2.32. The fourth-order valence-corrected chi connectivity index (χ4v) is 3.88. The molecule has 0 radical (unpaired) electrons. The van der Waals surface area contributed by atoms with Crippen LogP contribution in [0.15, 0.2) is 48.5 Å². The van der Waals surface area contributed by atoms with E-state index in [0.717, 1.165) is 40.8 Å². The number of aryl methyl sites for hydroxylation is 4. The molecule has 0 saturated carbocycles. The van der Waals surface area contributed by atoms with Crippen molar-refractivity contribution in [1.82, 2.24) is 0 Å². The number of amides is 1. The van der Waals surface area contributed by atoms with Gasteiger partial charge in [-0.05, 0) is 72.9 Å². The van der Waals surface area contributed by atoms with E-state index in [1.54, 1.807) is 0 Å². The summed E-state index contributed by atoms with van der Waals surface area (Å²) in [6, 6.07) is 16.6. The van der Waals surface area contributed by atoms with Crippen LogP contribution in [0, 0.1) is 13.8 Å². The van der Waals surface area contributed by atoms with E-state index in [9.17, 15) is 4.79 Å². The predicted octanol–water partition coefficient (Wildman–Crippen LogP) is 5.35. The van der Waals surface area contributed by atoms with E-state index >= 15 is 0 Å². The van der Waals surface area contributed by atoms with Crippen molar-refractivity contribution >= 4 is 22.4 Å². The van der Waals surface area contributed by atoms with E-state index in [2.05, 4.69) is 35.6 Å². The molecule has 1 aliphatic carbocycles. The van der Waals surface area contributed by atoms with Crippen LogP contribution in [0.25, 0.3) is 10.8 Å². The van der Waals surface area contributed by atoms with Crippen molar-refractivity contribution in [2.45, 2.75) is 46.1 Å². The highest BCUT2D eigenvalue weighted by molar-refractivity contribution is 6.06. The summed E-state index contributed by atoms with van der Waals surface area (Å²) >= 11 is 0. The zero-order valence-corrected chi connectivity index (χ0v) is 16.1. The average molecular weight is 359 g/mol. The van der Waals surface area contributed by atoms with Gasteiger partial charge in [0.1, 0.15) is 5.75 Å². The molecule has 0 saturated heterocycles. The minimum Gasteiger partial charge on any atom is -0.480 e. The van der Waals surface area contributed by atoms with Gasteiger partial charge in [-0.2, -0.15) is 0 Å². The molecule has 1 atom stereocenters. The van der Waals surface area contributed by atoms with Gasteiger partial charge in [0.15, 0.2) is 6.10 Å². The lowest BCUT2D eigenvalue weighted by Gasteiger charge is -2.20. The highest BCUT2D eigenvalue weighted by atomic mass is 16.5. The SMILES string of the molecule is CC[C@@H](Oc1cc(C)ccc1C)C(=O)Nc1ccc2c3c(cccc13)CC2. The molecule has 0 aromatic heterocycles. The van der Waals surface area contributed by atoms with Gasteiger partial charge in [0.05, 0.1) is 0 Å². The molecular formula is C24H25NO2. The summed E-state index contributed by atoms with van der Waals surface area (Å²) in [6.45, 7) is 6.01. The van der Waals surface area contributed by atoms with Crippen LogP contribution in [0.4, 0.5) is 5.69 Å². The summed E-state index contributed by atoms with van der Waals surface area (Å²) < 4.78 is 6.07. The number of ether oxygens (including phenoxy) is 1. The van der Waals surface area contributed by atoms with Gasteiger partial charge in [0.2, 0.25) is 0 Å². The second-order valence-corrected chi connectivity index (χ2v) is 7.38. The number of hydrogen-bond acceptors (Lipinski definition) is 2. The lowest BCUT2D eigenvalue weighted by molar-refractivity contribution is -0.122. The molecule has 1 aliphatic rings. The van der Waals surface area contributed by atoms with Gasteiger partial charge < -0.3 is 10.1 Å². The first kappa shape index (κ1) is 17.6. The first-order valence-corrected chi connectivity index (χ1v) is 9.65. The Kier molecular flexibility index (Phi) is 4.61. The highest BCUT2D eigenvalue weighted by Gasteiger charge is 2.22. The molecule has 3 aromatic rings. The second-order valence-electron chi connectivity index (χ2n) is 7.38. The number of rotatable bonds is 5. The molecule has 27 heavy (non-hydrogen) atoms. The van der Waals surface area contributed by atoms with Crippen LogP contribution in [-0.2, 0) is 17.6 Å². The standard InChI is InChI=1S/C24H25NO2/c1-4-21(27-22-14-15(2)8-9-16(22)3)24(26)25-20-13-12-18-11-10-17-6-5-7-19(20)23(17)18/h5-9,12-14,21H,4,10-11H2,1-3H3,(H,25,26)/t21-/m1/s1. The number of benzene rings is 3. The fraction of sp³-hybridized carbons (Fsp3) is 0.292. The Balaban J connectivity index is 1.60. The van der Waals surface area contributed by atoms with Crippen molar-refractivity contribution < 1.29 is 9.53 Å². The zero-order chi connectivity index (χ0) is 19.0. The Labute approximate surface area is 160 Å². The molecule has 4 rings (SSSR count). The summed E-state index contributed by atoms with van der Waals surface area (Å²) in [5.74, 6) is 0.675. The number of nitrogens with one attached hydrogen (secondary N) is 1. The highest BCUT2D eigenvalue weighted by Crippen LogP contribution is 2.35. The van der Waals surface area contributed by atoms with E-state index in [1.165, 1.54) is 16.5 Å². The van der Waals surface area contributed by atoms with Crippen LogP contribution in [0.5, 0.6) is 5.75 Å². The molecule has 0 heterocycles. The minimum absolute atomic E-state index is 0.0999. The number of carbonyl (C=O) groups excluding carboxylic acids is 1. The zero-order valence-electron chi connectivity index (χ0n) is 16.1. The van der Waals surface area contributed by atoms with Crippen molar-refractivity contribution in [3.8, 4) is 5.75 Å². The first-order valence-electron chi connectivity index (χ1n) is 9.65. The van der Waals surface area contributed by atoms with Crippen molar-refractivity contribution in [2.24, 2.45) is 0 Å². The Morgan fingerprint density at radius 2 is 1.85 bits per heavy atom. The lowest BCUT2D eigenvalue weighted by atomic mass is 10.0. The van der Waals surface area contributed by atoms with Gasteiger partial charge in [-0.25, -0.2) is 0 Å². The van der Waals surface area contributed by atoms with Gasteiger partial charge in [-0.3, -0.25) is 4.79 Å². The van der Waals surface area contributed by atoms with Gasteiger partial charge in [-0.1, -0.05) is 43.3 Å². The van der Waals surface area contributed by atoms with Crippen LogP contribution in [-0.4, -0.2) is 12.0 Å². The molecule has 1 amide bonds. The van der Waals surface area contributed by atoms with E-state index in [0.29, 0.717) is 6.42 Å². The Bertz CT molecular complexity index is 1010. The van der Waals surface area contributed by atoms with Crippen molar-refractivity contribution in [2.75, 3.05) is 5.32 Å². The van der Waals surface area contributed by atoms with Crippen LogP contribution < -0.4 is 10.1 Å². The quantitative estimate of drug-likeness (QED) is 0.667. The van der Waals surface area contributed by atoms with E-state index in [1.807, 2.05) is 39.0 Å². The fourth-order valence-electron chi connectivity index (χ4n) is 3.88. The molecule has 3 aromatic carbocycles. The molecule has 138 valence electrons.